The van der Waals surface area contributed by atoms with Gasteiger partial charge in [-0.2, -0.15) is 0 Å². The van der Waals surface area contributed by atoms with E-state index in [1.165, 1.54) is 6.07 Å². The van der Waals surface area contributed by atoms with Gasteiger partial charge < -0.3 is 20.4 Å². The van der Waals surface area contributed by atoms with Gasteiger partial charge in [-0.15, -0.1) is 0 Å². The molecule has 1 unspecified atom stereocenters. The van der Waals surface area contributed by atoms with Crippen molar-refractivity contribution in [2.45, 2.75) is 106 Å². The SMILES string of the molecule is O=C1CCC(N2Cc3c(CCC4CCN(C(=O)c5ccc(NC(=O)[C@@H]6NC7(CCCCC7)[C@@]7(C(=O)Nc8cc(Cl)ccc87)[C@H]6c6cccc(Cl)c6F)cc5)CC4)cccc3C2=O)C(=O)N1. The quantitative estimate of drug-likeness (QED) is 0.132. The summed E-state index contributed by atoms with van der Waals surface area (Å²) in [4.78, 5) is 84.1. The molecular weight excluding hydrogens is 870 g/mol. The molecule has 2 spiro atoms. The molecule has 1 aliphatic carbocycles. The van der Waals surface area contributed by atoms with Gasteiger partial charge in [0.1, 0.15) is 17.3 Å². The Balaban J connectivity index is 0.809. The third kappa shape index (κ3) is 7.30. The van der Waals surface area contributed by atoms with E-state index >= 15 is 4.39 Å². The molecule has 5 aliphatic heterocycles. The Labute approximate surface area is 386 Å². The summed E-state index contributed by atoms with van der Waals surface area (Å²) in [6.45, 7) is 1.54. The number of halogens is 3. The lowest BCUT2D eigenvalue weighted by Gasteiger charge is -2.47. The Morgan fingerprint density at radius 1 is 0.862 bits per heavy atom. The highest BCUT2D eigenvalue weighted by Gasteiger charge is 2.72. The zero-order valence-electron chi connectivity index (χ0n) is 35.7. The molecule has 65 heavy (non-hydrogen) atoms. The summed E-state index contributed by atoms with van der Waals surface area (Å²) in [6.07, 6.45) is 7.68. The summed E-state index contributed by atoms with van der Waals surface area (Å²) in [5, 5.41) is 12.4. The number of nitrogens with one attached hydrogen (secondary N) is 4. The van der Waals surface area contributed by atoms with E-state index in [2.05, 4.69) is 21.3 Å². The van der Waals surface area contributed by atoms with E-state index in [-0.39, 0.29) is 40.6 Å². The average molecular weight is 920 g/mol. The average Bonchev–Trinajstić information content (AvgIpc) is 3.90. The number of anilines is 2. The number of imide groups is 1. The van der Waals surface area contributed by atoms with Crippen molar-refractivity contribution < 1.29 is 33.2 Å². The smallest absolute Gasteiger partial charge is 0.255 e. The van der Waals surface area contributed by atoms with Crippen molar-refractivity contribution in [3.63, 3.8) is 0 Å². The van der Waals surface area contributed by atoms with Gasteiger partial charge >= 0.3 is 0 Å². The van der Waals surface area contributed by atoms with Crippen molar-refractivity contribution in [2.75, 3.05) is 23.7 Å². The number of benzene rings is 4. The van der Waals surface area contributed by atoms with Gasteiger partial charge in [-0.05, 0) is 122 Å². The van der Waals surface area contributed by atoms with Crippen LogP contribution in [0.4, 0.5) is 15.8 Å². The molecule has 4 atom stereocenters. The minimum atomic E-state index is -1.35. The van der Waals surface area contributed by atoms with Crippen molar-refractivity contribution in [3.8, 4) is 0 Å². The van der Waals surface area contributed by atoms with Crippen LogP contribution in [0.1, 0.15) is 113 Å². The van der Waals surface area contributed by atoms with Crippen LogP contribution in [0.5, 0.6) is 0 Å². The van der Waals surface area contributed by atoms with Gasteiger partial charge in [0.2, 0.25) is 23.6 Å². The molecular formula is C50H49Cl2FN6O6. The molecule has 4 aromatic carbocycles. The van der Waals surface area contributed by atoms with Crippen LogP contribution < -0.4 is 21.3 Å². The van der Waals surface area contributed by atoms with E-state index in [0.717, 1.165) is 56.1 Å². The highest BCUT2D eigenvalue weighted by molar-refractivity contribution is 6.31. The molecule has 0 radical (unpaired) electrons. The summed E-state index contributed by atoms with van der Waals surface area (Å²) in [5.74, 6) is -3.03. The second-order valence-corrected chi connectivity index (χ2v) is 19.4. The third-order valence-electron chi connectivity index (χ3n) is 15.1. The lowest BCUT2D eigenvalue weighted by atomic mass is 9.55. The van der Waals surface area contributed by atoms with E-state index < -0.39 is 46.6 Å². The van der Waals surface area contributed by atoms with Gasteiger partial charge in [0.25, 0.3) is 11.8 Å². The summed E-state index contributed by atoms with van der Waals surface area (Å²) in [7, 11) is 0. The number of carbonyl (C=O) groups excluding carboxylic acids is 6. The predicted octanol–water partition coefficient (Wildman–Crippen LogP) is 7.67. The van der Waals surface area contributed by atoms with Crippen LogP contribution >= 0.6 is 23.2 Å². The molecule has 6 amide bonds. The first kappa shape index (κ1) is 43.3. The zero-order chi connectivity index (χ0) is 45.2. The number of likely N-dealkylation sites (tertiary alicyclic amines) is 1. The molecule has 4 aromatic rings. The maximum Gasteiger partial charge on any atom is 0.255 e. The highest BCUT2D eigenvalue weighted by Crippen LogP contribution is 2.63. The Bertz CT molecular complexity index is 2650. The van der Waals surface area contributed by atoms with Crippen molar-refractivity contribution in [1.29, 1.82) is 0 Å². The molecule has 4 fully saturated rings. The molecule has 0 bridgehead atoms. The lowest BCUT2D eigenvalue weighted by molar-refractivity contribution is -0.137. The zero-order valence-corrected chi connectivity index (χ0v) is 37.2. The molecule has 5 heterocycles. The number of hydrogen-bond acceptors (Lipinski definition) is 7. The molecule has 0 aromatic heterocycles. The van der Waals surface area contributed by atoms with Gasteiger partial charge in [0.15, 0.2) is 0 Å². The molecule has 1 saturated carbocycles. The van der Waals surface area contributed by atoms with E-state index in [1.54, 1.807) is 59.5 Å². The minimum absolute atomic E-state index is 0.101. The van der Waals surface area contributed by atoms with Gasteiger partial charge in [0, 0.05) is 65.0 Å². The molecule has 12 nitrogen and oxygen atoms in total. The highest BCUT2D eigenvalue weighted by atomic mass is 35.5. The minimum Gasteiger partial charge on any atom is -0.339 e. The molecule has 6 aliphatic rings. The number of aryl methyl sites for hydroxylation is 1. The van der Waals surface area contributed by atoms with E-state index in [0.29, 0.717) is 77.9 Å². The normalized spacial score (nSPS) is 24.9. The Kier molecular flexibility index (Phi) is 11.3. The summed E-state index contributed by atoms with van der Waals surface area (Å²) < 4.78 is 16.3. The number of carbonyl (C=O) groups is 6. The first-order valence-corrected chi connectivity index (χ1v) is 23.4. The van der Waals surface area contributed by atoms with E-state index in [1.807, 2.05) is 23.1 Å². The fraction of sp³-hybridized carbons (Fsp3) is 0.400. The van der Waals surface area contributed by atoms with Crippen LogP contribution in [0.3, 0.4) is 0 Å². The van der Waals surface area contributed by atoms with Crippen LogP contribution in [0.25, 0.3) is 0 Å². The van der Waals surface area contributed by atoms with Gasteiger partial charge in [-0.3, -0.25) is 39.4 Å². The molecule has 3 saturated heterocycles. The van der Waals surface area contributed by atoms with Crippen molar-refractivity contribution >= 4 is 70.0 Å². The Morgan fingerprint density at radius 2 is 1.62 bits per heavy atom. The largest absolute Gasteiger partial charge is 0.339 e. The van der Waals surface area contributed by atoms with Gasteiger partial charge in [-0.1, -0.05) is 72.8 Å². The predicted molar refractivity (Wildman–Crippen MR) is 243 cm³/mol. The molecule has 15 heteroatoms. The maximum atomic E-state index is 16.3. The van der Waals surface area contributed by atoms with Crippen LogP contribution in [-0.2, 0) is 37.6 Å². The number of nitrogens with zero attached hydrogens (tertiary/aromatic N) is 2. The number of rotatable bonds is 8. The number of hydrogen-bond donors (Lipinski definition) is 4. The first-order valence-electron chi connectivity index (χ1n) is 22.7. The summed E-state index contributed by atoms with van der Waals surface area (Å²) >= 11 is 12.8. The van der Waals surface area contributed by atoms with Crippen LogP contribution in [0, 0.1) is 11.7 Å². The molecule has 336 valence electrons. The molecule has 4 N–H and O–H groups in total. The maximum absolute atomic E-state index is 16.3. The molecule has 10 rings (SSSR count). The number of amides is 6. The van der Waals surface area contributed by atoms with Crippen LogP contribution in [-0.4, -0.2) is 76.0 Å². The Hall–Kier alpha value is -5.63. The number of fused-ring (bicyclic) bond motifs is 4. The topological polar surface area (TPSA) is 157 Å². The van der Waals surface area contributed by atoms with Crippen molar-refractivity contribution in [1.82, 2.24) is 20.4 Å². The Morgan fingerprint density at radius 3 is 2.37 bits per heavy atom. The number of piperidine rings is 2. The summed E-state index contributed by atoms with van der Waals surface area (Å²) in [5.41, 5.74) is 2.74. The second-order valence-electron chi connectivity index (χ2n) is 18.5. The van der Waals surface area contributed by atoms with E-state index in [4.69, 9.17) is 23.2 Å². The van der Waals surface area contributed by atoms with Crippen molar-refractivity contribution in [3.05, 3.63) is 128 Å². The van der Waals surface area contributed by atoms with Gasteiger partial charge in [-0.25, -0.2) is 4.39 Å². The van der Waals surface area contributed by atoms with E-state index in [9.17, 15) is 28.8 Å². The fourth-order valence-electron chi connectivity index (χ4n) is 12.0. The standard InChI is InChI=1S/C50H49Cl2FN6O6/c51-31-14-17-36-38(26-31)55-48(65)50(36)41(34-8-5-9-37(52)42(34)53)43(57-49(50)22-2-1-3-23-49)45(62)54-32-15-12-30(13-16-32)46(63)58-24-20-28(21-25-58)10-11-29-6-4-7-33-35(29)27-59(47(33)64)39-18-19-40(60)56-44(39)61/h4-9,12-17,26,28,39,41,43,57H,1-3,10-11,18-25,27H2,(H,54,62)(H,55,65)(H,56,60,61)/t39?,41-,43+,50+/m0/s1. The monoisotopic (exact) mass is 918 g/mol. The summed E-state index contributed by atoms with van der Waals surface area (Å²) in [6, 6.07) is 20.8. The van der Waals surface area contributed by atoms with Crippen LogP contribution in [0.2, 0.25) is 10.0 Å². The van der Waals surface area contributed by atoms with Crippen LogP contribution in [0.15, 0.2) is 78.9 Å². The van der Waals surface area contributed by atoms with Gasteiger partial charge in [0.05, 0.1) is 11.1 Å². The van der Waals surface area contributed by atoms with Crippen molar-refractivity contribution in [2.24, 2.45) is 5.92 Å². The third-order valence-corrected chi connectivity index (χ3v) is 15.6. The lowest BCUT2D eigenvalue weighted by Crippen LogP contribution is -2.60. The fourth-order valence-corrected chi connectivity index (χ4v) is 12.3. The first-order chi connectivity index (χ1) is 31.4. The second kappa shape index (κ2) is 17.0.